The minimum Gasteiger partial charge on any atom is -0.287 e. The fourth-order valence-corrected chi connectivity index (χ4v) is 2.52. The number of hydrogen-bond acceptors (Lipinski definition) is 6. The normalized spacial score (nSPS) is 11.4. The van der Waals surface area contributed by atoms with Gasteiger partial charge in [0, 0.05) is 34.4 Å². The molecule has 0 aliphatic carbocycles. The molecule has 26 heavy (non-hydrogen) atoms. The van der Waals surface area contributed by atoms with Crippen LogP contribution in [-0.2, 0) is 4.79 Å². The van der Waals surface area contributed by atoms with Crippen molar-refractivity contribution in [3.8, 4) is 0 Å². The van der Waals surface area contributed by atoms with Gasteiger partial charge in [0.2, 0.25) is 11.7 Å². The fourth-order valence-electron chi connectivity index (χ4n) is 2.41. The molecule has 0 aliphatic heterocycles. The average molecular weight is 378 g/mol. The maximum absolute atomic E-state index is 12.2. The quantitative estimate of drug-likeness (QED) is 0.341. The Bertz CT molecular complexity index is 851. The first-order valence-corrected chi connectivity index (χ1v) is 7.61. The van der Waals surface area contributed by atoms with Crippen LogP contribution in [0.5, 0.6) is 0 Å². The first kappa shape index (κ1) is 19.0. The van der Waals surface area contributed by atoms with E-state index in [1.165, 1.54) is 48.5 Å². The van der Waals surface area contributed by atoms with Crippen molar-refractivity contribution in [2.24, 2.45) is 0 Å². The molecule has 1 unspecified atom stereocenters. The van der Waals surface area contributed by atoms with Crippen LogP contribution in [0.25, 0.3) is 0 Å². The van der Waals surface area contributed by atoms with Crippen molar-refractivity contribution in [3.05, 3.63) is 85.4 Å². The van der Waals surface area contributed by atoms with E-state index in [-0.39, 0.29) is 11.3 Å². The highest BCUT2D eigenvalue weighted by Gasteiger charge is 2.24. The summed E-state index contributed by atoms with van der Waals surface area (Å²) in [5.41, 5.74) is 0.937. The number of ketones is 1. The molecular weight excluding hydrogens is 366 g/mol. The first-order valence-electron chi connectivity index (χ1n) is 7.23. The Balaban J connectivity index is 2.35. The lowest BCUT2D eigenvalue weighted by Crippen LogP contribution is -2.23. The lowest BCUT2D eigenvalue weighted by Gasteiger charge is -2.16. The Morgan fingerprint density at radius 2 is 1.46 bits per heavy atom. The summed E-state index contributed by atoms with van der Waals surface area (Å²) in [5.74, 6) is -2.09. The number of carbonyl (C=O) groups excluding carboxylic acids is 2. The molecule has 1 amide bonds. The summed E-state index contributed by atoms with van der Waals surface area (Å²) in [6, 6.07) is 11.1. The van der Waals surface area contributed by atoms with Crippen molar-refractivity contribution in [2.75, 3.05) is 6.54 Å². The van der Waals surface area contributed by atoms with E-state index in [1.807, 2.05) is 4.84 Å². The minimum atomic E-state index is -0.868. The number of rotatable bonds is 7. The predicted molar refractivity (Wildman–Crippen MR) is 91.6 cm³/mol. The molecule has 0 saturated carbocycles. The van der Waals surface area contributed by atoms with Gasteiger partial charge in [-0.05, 0) is 11.1 Å². The third kappa shape index (κ3) is 4.39. The van der Waals surface area contributed by atoms with Crippen LogP contribution >= 0.6 is 11.8 Å². The van der Waals surface area contributed by atoms with Crippen LogP contribution in [0.15, 0.2) is 48.5 Å². The molecule has 0 bridgehead atoms. The van der Waals surface area contributed by atoms with E-state index in [9.17, 15) is 29.8 Å². The summed E-state index contributed by atoms with van der Waals surface area (Å²) >= 11 is 5.43. The summed E-state index contributed by atoms with van der Waals surface area (Å²) in [4.78, 5) is 45.7. The molecule has 0 aromatic heterocycles. The monoisotopic (exact) mass is 377 g/mol. The number of nitro benzene ring substituents is 1. The number of amides is 1. The van der Waals surface area contributed by atoms with Crippen molar-refractivity contribution in [1.82, 2.24) is 4.84 Å². The predicted octanol–water partition coefficient (Wildman–Crippen LogP) is 2.46. The molecule has 0 spiro atoms. The SMILES string of the molecule is O=C(C[N+](=O)[O-])c1ccc(C(C(=O)NCl)c2ccc([N+](=O)[O-])cc2)cc1. The van der Waals surface area contributed by atoms with E-state index < -0.39 is 34.0 Å². The number of non-ortho nitro benzene ring substituents is 1. The number of halogens is 1. The lowest BCUT2D eigenvalue weighted by molar-refractivity contribution is -0.465. The summed E-state index contributed by atoms with van der Waals surface area (Å²) in [7, 11) is 0. The van der Waals surface area contributed by atoms with Crippen LogP contribution in [0.1, 0.15) is 27.4 Å². The van der Waals surface area contributed by atoms with E-state index in [1.54, 1.807) is 0 Å². The highest BCUT2D eigenvalue weighted by Crippen LogP contribution is 2.27. The summed E-state index contributed by atoms with van der Waals surface area (Å²) in [6.07, 6.45) is 0. The minimum absolute atomic E-state index is 0.125. The topological polar surface area (TPSA) is 132 Å². The summed E-state index contributed by atoms with van der Waals surface area (Å²) in [5, 5.41) is 21.2. The Morgan fingerprint density at radius 1 is 0.962 bits per heavy atom. The number of benzene rings is 2. The Kier molecular flexibility index (Phi) is 5.97. The highest BCUT2D eigenvalue weighted by molar-refractivity contribution is 6.22. The lowest BCUT2D eigenvalue weighted by atomic mass is 9.90. The number of nitro groups is 2. The van der Waals surface area contributed by atoms with Gasteiger partial charge in [0.25, 0.3) is 12.2 Å². The number of nitrogens with one attached hydrogen (secondary N) is 1. The molecule has 1 N–H and O–H groups in total. The second-order valence-corrected chi connectivity index (χ2v) is 5.47. The Morgan fingerprint density at radius 3 is 1.88 bits per heavy atom. The maximum Gasteiger partial charge on any atom is 0.269 e. The molecule has 10 heteroatoms. The molecule has 1 atom stereocenters. The van der Waals surface area contributed by atoms with Crippen molar-refractivity contribution in [1.29, 1.82) is 0 Å². The van der Waals surface area contributed by atoms with Crippen molar-refractivity contribution in [2.45, 2.75) is 5.92 Å². The second-order valence-electron chi connectivity index (χ2n) is 5.28. The fraction of sp³-hybridized carbons (Fsp3) is 0.125. The van der Waals surface area contributed by atoms with Gasteiger partial charge in [0.05, 0.1) is 10.8 Å². The molecule has 0 radical (unpaired) electrons. The standard InChI is InChI=1S/C16H12ClN3O6/c17-18-16(22)15(12-5-7-13(8-6-12)20(25)26)11-3-1-10(2-4-11)14(21)9-19(23)24/h1-8,15H,9H2,(H,18,22). The zero-order valence-corrected chi connectivity index (χ0v) is 13.9. The van der Waals surface area contributed by atoms with E-state index in [0.29, 0.717) is 11.1 Å². The van der Waals surface area contributed by atoms with E-state index in [4.69, 9.17) is 11.8 Å². The highest BCUT2D eigenvalue weighted by atomic mass is 35.5. The third-order valence-electron chi connectivity index (χ3n) is 3.63. The van der Waals surface area contributed by atoms with E-state index in [0.717, 1.165) is 0 Å². The van der Waals surface area contributed by atoms with Crippen LogP contribution in [0.2, 0.25) is 0 Å². The molecule has 9 nitrogen and oxygen atoms in total. The van der Waals surface area contributed by atoms with Gasteiger partial charge in [-0.1, -0.05) is 36.4 Å². The molecule has 2 aromatic carbocycles. The Hall–Kier alpha value is -3.33. The van der Waals surface area contributed by atoms with Crippen molar-refractivity contribution in [3.63, 3.8) is 0 Å². The smallest absolute Gasteiger partial charge is 0.269 e. The summed E-state index contributed by atoms with van der Waals surface area (Å²) < 4.78 is 0. The van der Waals surface area contributed by atoms with Crippen molar-refractivity contribution < 1.29 is 19.4 Å². The molecule has 0 heterocycles. The number of Topliss-reactive ketones (excluding diaryl/α,β-unsaturated/α-hetero) is 1. The molecule has 2 rings (SSSR count). The van der Waals surface area contributed by atoms with Crippen LogP contribution in [0.4, 0.5) is 5.69 Å². The molecule has 0 aliphatic rings. The van der Waals surface area contributed by atoms with Crippen LogP contribution < -0.4 is 4.84 Å². The van der Waals surface area contributed by atoms with Gasteiger partial charge >= 0.3 is 0 Å². The second kappa shape index (κ2) is 8.17. The number of hydrogen-bond donors (Lipinski definition) is 1. The van der Waals surface area contributed by atoms with Gasteiger partial charge < -0.3 is 0 Å². The Labute approximate surface area is 152 Å². The summed E-state index contributed by atoms with van der Waals surface area (Å²) in [6.45, 7) is -0.826. The average Bonchev–Trinajstić information content (AvgIpc) is 2.62. The van der Waals surface area contributed by atoms with Crippen LogP contribution in [0, 0.1) is 20.2 Å². The third-order valence-corrected chi connectivity index (χ3v) is 3.82. The number of carbonyl (C=O) groups is 2. The maximum atomic E-state index is 12.2. The molecule has 134 valence electrons. The zero-order valence-electron chi connectivity index (χ0n) is 13.1. The van der Waals surface area contributed by atoms with Gasteiger partial charge in [0.15, 0.2) is 0 Å². The van der Waals surface area contributed by atoms with Crippen LogP contribution in [-0.4, -0.2) is 28.1 Å². The molecular formula is C16H12ClN3O6. The first-order chi connectivity index (χ1) is 12.3. The molecule has 2 aromatic rings. The van der Waals surface area contributed by atoms with Gasteiger partial charge in [-0.3, -0.25) is 34.7 Å². The van der Waals surface area contributed by atoms with Crippen LogP contribution in [0.3, 0.4) is 0 Å². The van der Waals surface area contributed by atoms with E-state index in [2.05, 4.69) is 0 Å². The molecule has 0 fully saturated rings. The largest absolute Gasteiger partial charge is 0.287 e. The van der Waals surface area contributed by atoms with Gasteiger partial charge in [-0.15, -0.1) is 0 Å². The van der Waals surface area contributed by atoms with E-state index >= 15 is 0 Å². The van der Waals surface area contributed by atoms with Gasteiger partial charge in [-0.2, -0.15) is 0 Å². The molecule has 0 saturated heterocycles. The van der Waals surface area contributed by atoms with Gasteiger partial charge in [-0.25, -0.2) is 0 Å². The van der Waals surface area contributed by atoms with Gasteiger partial charge in [0.1, 0.15) is 0 Å². The number of nitrogens with zero attached hydrogens (tertiary/aromatic N) is 2. The zero-order chi connectivity index (χ0) is 19.3. The van der Waals surface area contributed by atoms with Crippen molar-refractivity contribution >= 4 is 29.2 Å².